The minimum atomic E-state index is -0.0200. The van der Waals surface area contributed by atoms with Gasteiger partial charge in [0.2, 0.25) is 5.88 Å². The van der Waals surface area contributed by atoms with Gasteiger partial charge in [0.05, 0.1) is 18.4 Å². The number of nitrogens with one attached hydrogen (secondary N) is 1. The lowest BCUT2D eigenvalue weighted by Crippen LogP contribution is -2.51. The molecule has 0 aromatic carbocycles. The number of likely N-dealkylation sites (tertiary alicyclic amines) is 1. The van der Waals surface area contributed by atoms with E-state index in [2.05, 4.69) is 20.2 Å². The molecule has 136 valence electrons. The highest BCUT2D eigenvalue weighted by molar-refractivity contribution is 5.94. The molecule has 1 spiro atoms. The van der Waals surface area contributed by atoms with Crippen LogP contribution in [0.25, 0.3) is 0 Å². The van der Waals surface area contributed by atoms with Crippen molar-refractivity contribution in [3.8, 4) is 5.88 Å². The maximum absolute atomic E-state index is 12.2. The van der Waals surface area contributed by atoms with Crippen molar-refractivity contribution in [2.75, 3.05) is 20.2 Å². The van der Waals surface area contributed by atoms with Crippen LogP contribution in [0, 0.1) is 5.41 Å². The molecule has 4 rings (SSSR count). The van der Waals surface area contributed by atoms with E-state index in [-0.39, 0.29) is 11.9 Å². The summed E-state index contributed by atoms with van der Waals surface area (Å²) >= 11 is 0. The molecular formula is C20H24N4O2. The molecular weight excluding hydrogens is 328 g/mol. The Hall–Kier alpha value is -2.47. The average Bonchev–Trinajstić information content (AvgIpc) is 3.06. The fourth-order valence-electron chi connectivity index (χ4n) is 4.24. The van der Waals surface area contributed by atoms with Gasteiger partial charge in [-0.1, -0.05) is 6.07 Å². The van der Waals surface area contributed by atoms with Crippen LogP contribution in [0.15, 0.2) is 42.7 Å². The van der Waals surface area contributed by atoms with E-state index in [9.17, 15) is 4.79 Å². The zero-order chi connectivity index (χ0) is 18.0. The Morgan fingerprint density at radius 3 is 3.00 bits per heavy atom. The molecule has 6 nitrogen and oxygen atoms in total. The number of hydrogen-bond donors (Lipinski definition) is 1. The van der Waals surface area contributed by atoms with E-state index in [0.717, 1.165) is 38.2 Å². The second kappa shape index (κ2) is 7.03. The molecule has 1 aliphatic carbocycles. The molecule has 1 saturated carbocycles. The lowest BCUT2D eigenvalue weighted by molar-refractivity contribution is 0.0693. The van der Waals surface area contributed by atoms with Crippen molar-refractivity contribution in [2.45, 2.75) is 31.8 Å². The normalized spacial score (nSPS) is 25.0. The summed E-state index contributed by atoms with van der Waals surface area (Å²) in [5, 5.41) is 3.14. The second-order valence-electron chi connectivity index (χ2n) is 7.45. The van der Waals surface area contributed by atoms with Crippen LogP contribution in [0.1, 0.15) is 35.3 Å². The number of nitrogens with zero attached hydrogens (tertiary/aromatic N) is 3. The molecule has 1 amide bonds. The van der Waals surface area contributed by atoms with Crippen LogP contribution in [0.3, 0.4) is 0 Å². The van der Waals surface area contributed by atoms with Gasteiger partial charge >= 0.3 is 0 Å². The van der Waals surface area contributed by atoms with Gasteiger partial charge in [-0.15, -0.1) is 0 Å². The molecule has 2 fully saturated rings. The number of aromatic nitrogens is 2. The fraction of sp³-hybridized carbons (Fsp3) is 0.450. The van der Waals surface area contributed by atoms with E-state index in [0.29, 0.717) is 16.9 Å². The minimum Gasteiger partial charge on any atom is -0.481 e. The highest BCUT2D eigenvalue weighted by atomic mass is 16.5. The monoisotopic (exact) mass is 352 g/mol. The van der Waals surface area contributed by atoms with Gasteiger partial charge in [0.1, 0.15) is 0 Å². The van der Waals surface area contributed by atoms with Crippen LogP contribution in [0.2, 0.25) is 0 Å². The molecule has 0 atom stereocenters. The molecule has 2 aliphatic rings. The number of amides is 1. The van der Waals surface area contributed by atoms with E-state index < -0.39 is 0 Å². The van der Waals surface area contributed by atoms with Crippen LogP contribution < -0.4 is 10.1 Å². The minimum absolute atomic E-state index is 0.0200. The Kier molecular flexibility index (Phi) is 4.59. The third-order valence-corrected chi connectivity index (χ3v) is 5.51. The van der Waals surface area contributed by atoms with Crippen molar-refractivity contribution in [1.29, 1.82) is 0 Å². The lowest BCUT2D eigenvalue weighted by Gasteiger charge is -2.45. The van der Waals surface area contributed by atoms with E-state index in [4.69, 9.17) is 4.74 Å². The summed E-state index contributed by atoms with van der Waals surface area (Å²) in [7, 11) is 1.64. The molecule has 26 heavy (non-hydrogen) atoms. The first-order chi connectivity index (χ1) is 12.7. The van der Waals surface area contributed by atoms with Gasteiger partial charge < -0.3 is 10.1 Å². The van der Waals surface area contributed by atoms with Crippen LogP contribution >= 0.6 is 0 Å². The molecule has 6 heteroatoms. The molecule has 0 radical (unpaired) electrons. The Balaban J connectivity index is 1.28. The van der Waals surface area contributed by atoms with Gasteiger partial charge in [0.15, 0.2) is 0 Å². The first-order valence-electron chi connectivity index (χ1n) is 9.09. The second-order valence-corrected chi connectivity index (χ2v) is 7.45. The van der Waals surface area contributed by atoms with Crippen LogP contribution in [-0.4, -0.2) is 47.0 Å². The van der Waals surface area contributed by atoms with E-state index in [1.807, 2.05) is 18.2 Å². The lowest BCUT2D eigenvalue weighted by atomic mass is 9.65. The van der Waals surface area contributed by atoms with Crippen molar-refractivity contribution in [2.24, 2.45) is 5.41 Å². The molecule has 0 bridgehead atoms. The number of carbonyl (C=O) groups excluding carboxylic acids is 1. The molecule has 3 heterocycles. The first-order valence-corrected chi connectivity index (χ1v) is 9.09. The van der Waals surface area contributed by atoms with Crippen LogP contribution in [0.5, 0.6) is 5.88 Å². The number of methoxy groups -OCH3 is 1. The zero-order valence-electron chi connectivity index (χ0n) is 15.0. The largest absolute Gasteiger partial charge is 0.481 e. The topological polar surface area (TPSA) is 67.3 Å². The SMILES string of the molecule is COc1cccc(CN2CCC3(CC(NC(=O)c4cccnc4)C3)C2)n1. The van der Waals surface area contributed by atoms with Gasteiger partial charge in [-0.2, -0.15) is 0 Å². The Morgan fingerprint density at radius 2 is 2.23 bits per heavy atom. The summed E-state index contributed by atoms with van der Waals surface area (Å²) in [5.41, 5.74) is 2.03. The molecule has 0 unspecified atom stereocenters. The average molecular weight is 352 g/mol. The number of hydrogen-bond acceptors (Lipinski definition) is 5. The van der Waals surface area contributed by atoms with Gasteiger partial charge in [-0.3, -0.25) is 14.7 Å². The Labute approximate surface area is 153 Å². The van der Waals surface area contributed by atoms with Crippen molar-refractivity contribution >= 4 is 5.91 Å². The summed E-state index contributed by atoms with van der Waals surface area (Å²) in [6.45, 7) is 3.01. The van der Waals surface area contributed by atoms with Crippen molar-refractivity contribution in [3.05, 3.63) is 54.0 Å². The number of ether oxygens (including phenoxy) is 1. The number of carbonyl (C=O) groups is 1. The third kappa shape index (κ3) is 3.55. The molecule has 1 aliphatic heterocycles. The maximum atomic E-state index is 12.2. The Bertz CT molecular complexity index is 774. The van der Waals surface area contributed by atoms with Crippen LogP contribution in [-0.2, 0) is 6.54 Å². The van der Waals surface area contributed by atoms with E-state index in [1.165, 1.54) is 6.42 Å². The summed E-state index contributed by atoms with van der Waals surface area (Å²) in [5.74, 6) is 0.645. The highest BCUT2D eigenvalue weighted by Gasteiger charge is 2.48. The first kappa shape index (κ1) is 17.0. The van der Waals surface area contributed by atoms with Gasteiger partial charge in [0, 0.05) is 37.6 Å². The quantitative estimate of drug-likeness (QED) is 0.894. The van der Waals surface area contributed by atoms with Crippen LogP contribution in [0.4, 0.5) is 0 Å². The predicted octanol–water partition coefficient (Wildman–Crippen LogP) is 2.27. The highest BCUT2D eigenvalue weighted by Crippen LogP contribution is 2.48. The molecule has 2 aromatic heterocycles. The summed E-state index contributed by atoms with van der Waals surface area (Å²) in [4.78, 5) is 23.2. The molecule has 1 N–H and O–H groups in total. The van der Waals surface area contributed by atoms with Crippen molar-refractivity contribution in [3.63, 3.8) is 0 Å². The standard InChI is InChI=1S/C20H24N4O2/c1-26-18-6-2-5-16(22-18)13-24-9-7-20(14-24)10-17(11-20)23-19(25)15-4-3-8-21-12-15/h2-6,8,12,17H,7,9-11,13-14H2,1H3,(H,23,25). The molecule has 1 saturated heterocycles. The van der Waals surface area contributed by atoms with E-state index >= 15 is 0 Å². The van der Waals surface area contributed by atoms with Crippen molar-refractivity contribution < 1.29 is 9.53 Å². The van der Waals surface area contributed by atoms with E-state index in [1.54, 1.807) is 31.6 Å². The van der Waals surface area contributed by atoms with Gasteiger partial charge in [0.25, 0.3) is 5.91 Å². The third-order valence-electron chi connectivity index (χ3n) is 5.51. The van der Waals surface area contributed by atoms with Crippen molar-refractivity contribution in [1.82, 2.24) is 20.2 Å². The van der Waals surface area contributed by atoms with Gasteiger partial charge in [-0.25, -0.2) is 4.98 Å². The summed E-state index contributed by atoms with van der Waals surface area (Å²) < 4.78 is 5.21. The number of pyridine rings is 2. The van der Waals surface area contributed by atoms with Gasteiger partial charge in [-0.05, 0) is 49.4 Å². The zero-order valence-corrected chi connectivity index (χ0v) is 15.0. The summed E-state index contributed by atoms with van der Waals surface area (Å²) in [6.07, 6.45) is 6.60. The Morgan fingerprint density at radius 1 is 1.35 bits per heavy atom. The predicted molar refractivity (Wildman–Crippen MR) is 97.8 cm³/mol. The maximum Gasteiger partial charge on any atom is 0.253 e. The molecule has 2 aromatic rings. The fourth-order valence-corrected chi connectivity index (χ4v) is 4.24. The summed E-state index contributed by atoms with van der Waals surface area (Å²) in [6, 6.07) is 9.77. The smallest absolute Gasteiger partial charge is 0.253 e. The number of rotatable bonds is 5.